The second-order valence-electron chi connectivity index (χ2n) is 6.48. The monoisotopic (exact) mass is 461 g/mol. The molecule has 3 aromatic carbocycles. The van der Waals surface area contributed by atoms with Gasteiger partial charge in [-0.1, -0.05) is 40.2 Å². The fourth-order valence-corrected chi connectivity index (χ4v) is 3.36. The lowest BCUT2D eigenvalue weighted by molar-refractivity contribution is 0.0998. The lowest BCUT2D eigenvalue weighted by Gasteiger charge is -2.08. The highest BCUT2D eigenvalue weighted by Gasteiger charge is 2.17. The lowest BCUT2D eigenvalue weighted by Crippen LogP contribution is -2.14. The molecule has 0 saturated carbocycles. The zero-order valence-electron chi connectivity index (χ0n) is 15.6. The summed E-state index contributed by atoms with van der Waals surface area (Å²) in [7, 11) is 0. The molecule has 148 valence electrons. The Kier molecular flexibility index (Phi) is 5.45. The molecular formula is C23H16BrN3O3. The Morgan fingerprint density at radius 3 is 2.47 bits per heavy atom. The minimum Gasteiger partial charge on any atom is -0.436 e. The van der Waals surface area contributed by atoms with Crippen LogP contribution in [0.5, 0.6) is 0 Å². The topological polar surface area (TPSA) is 98.2 Å². The first-order valence-corrected chi connectivity index (χ1v) is 9.83. The van der Waals surface area contributed by atoms with Crippen LogP contribution in [0.15, 0.2) is 87.9 Å². The average molecular weight is 462 g/mol. The second-order valence-corrected chi connectivity index (χ2v) is 7.40. The Hall–Kier alpha value is -3.71. The smallest absolute Gasteiger partial charge is 0.256 e. The van der Waals surface area contributed by atoms with Crippen LogP contribution in [0.3, 0.4) is 0 Å². The van der Waals surface area contributed by atoms with Gasteiger partial charge in [-0.2, -0.15) is 0 Å². The van der Waals surface area contributed by atoms with Crippen molar-refractivity contribution in [2.75, 3.05) is 5.32 Å². The Morgan fingerprint density at radius 2 is 1.73 bits per heavy atom. The number of benzene rings is 3. The molecule has 0 atom stereocenters. The summed E-state index contributed by atoms with van der Waals surface area (Å²) < 4.78 is 6.86. The Bertz CT molecular complexity index is 1230. The van der Waals surface area contributed by atoms with E-state index in [-0.39, 0.29) is 5.91 Å². The van der Waals surface area contributed by atoms with Crippen LogP contribution in [0.1, 0.15) is 20.7 Å². The molecule has 1 aromatic heterocycles. The van der Waals surface area contributed by atoms with Crippen LogP contribution in [0, 0.1) is 0 Å². The van der Waals surface area contributed by atoms with Gasteiger partial charge in [-0.15, -0.1) is 0 Å². The molecule has 0 spiro atoms. The number of hydrogen-bond acceptors (Lipinski definition) is 4. The van der Waals surface area contributed by atoms with Crippen LogP contribution in [0.4, 0.5) is 5.69 Å². The number of carbonyl (C=O) groups excluding carboxylic acids is 2. The van der Waals surface area contributed by atoms with Crippen LogP contribution in [-0.4, -0.2) is 16.8 Å². The number of nitrogens with zero attached hydrogens (tertiary/aromatic N) is 1. The van der Waals surface area contributed by atoms with E-state index >= 15 is 0 Å². The SMILES string of the molecule is NC(=O)c1ccc(NC(=O)c2ccccc2-c2ncc(-c3cccc(Br)c3)o2)cc1. The number of nitrogens with two attached hydrogens (primary N) is 1. The molecule has 0 unspecified atom stereocenters. The summed E-state index contributed by atoms with van der Waals surface area (Å²) >= 11 is 3.45. The first-order chi connectivity index (χ1) is 14.5. The third-order valence-corrected chi connectivity index (χ3v) is 4.94. The average Bonchev–Trinajstić information content (AvgIpc) is 3.24. The number of aromatic nitrogens is 1. The molecule has 0 saturated heterocycles. The van der Waals surface area contributed by atoms with E-state index in [1.54, 1.807) is 48.7 Å². The van der Waals surface area contributed by atoms with Gasteiger partial charge in [-0.05, 0) is 48.5 Å². The van der Waals surface area contributed by atoms with E-state index in [9.17, 15) is 9.59 Å². The van der Waals surface area contributed by atoms with Crippen LogP contribution in [0.2, 0.25) is 0 Å². The van der Waals surface area contributed by atoms with E-state index in [4.69, 9.17) is 10.2 Å². The number of anilines is 1. The van der Waals surface area contributed by atoms with E-state index in [1.807, 2.05) is 30.3 Å². The lowest BCUT2D eigenvalue weighted by atomic mass is 10.1. The molecule has 2 amide bonds. The van der Waals surface area contributed by atoms with Gasteiger partial charge < -0.3 is 15.5 Å². The normalized spacial score (nSPS) is 10.6. The summed E-state index contributed by atoms with van der Waals surface area (Å²) in [5.41, 5.74) is 8.02. The van der Waals surface area contributed by atoms with Gasteiger partial charge in [-0.25, -0.2) is 4.98 Å². The van der Waals surface area contributed by atoms with Crippen molar-refractivity contribution < 1.29 is 14.0 Å². The maximum Gasteiger partial charge on any atom is 0.256 e. The van der Waals surface area contributed by atoms with Gasteiger partial charge in [0.2, 0.25) is 11.8 Å². The fraction of sp³-hybridized carbons (Fsp3) is 0. The highest BCUT2D eigenvalue weighted by atomic mass is 79.9. The highest BCUT2D eigenvalue weighted by Crippen LogP contribution is 2.29. The van der Waals surface area contributed by atoms with Crippen molar-refractivity contribution in [3.05, 3.63) is 94.6 Å². The number of nitrogens with one attached hydrogen (secondary N) is 1. The van der Waals surface area contributed by atoms with Gasteiger partial charge in [0.1, 0.15) is 0 Å². The zero-order valence-corrected chi connectivity index (χ0v) is 17.2. The first-order valence-electron chi connectivity index (χ1n) is 9.03. The fourth-order valence-electron chi connectivity index (χ4n) is 2.96. The molecule has 0 bridgehead atoms. The molecule has 30 heavy (non-hydrogen) atoms. The molecule has 0 aliphatic rings. The van der Waals surface area contributed by atoms with Gasteiger partial charge in [-0.3, -0.25) is 9.59 Å². The third kappa shape index (κ3) is 4.16. The summed E-state index contributed by atoms with van der Waals surface area (Å²) in [6.45, 7) is 0. The van der Waals surface area contributed by atoms with Crippen LogP contribution in [-0.2, 0) is 0 Å². The van der Waals surface area contributed by atoms with E-state index < -0.39 is 5.91 Å². The molecule has 0 aliphatic carbocycles. The standard InChI is InChI=1S/C23H16BrN3O3/c24-16-5-3-4-15(12-16)20-13-26-23(30-20)19-7-2-1-6-18(19)22(29)27-17-10-8-14(9-11-17)21(25)28/h1-13H,(H2,25,28)(H,27,29). The molecule has 1 heterocycles. The van der Waals surface area contributed by atoms with Gasteiger partial charge in [0.25, 0.3) is 5.91 Å². The summed E-state index contributed by atoms with van der Waals surface area (Å²) in [6.07, 6.45) is 1.63. The predicted octanol–water partition coefficient (Wildman–Crippen LogP) is 5.12. The number of hydrogen-bond donors (Lipinski definition) is 2. The Morgan fingerprint density at radius 1 is 0.967 bits per heavy atom. The van der Waals surface area contributed by atoms with Gasteiger partial charge in [0.15, 0.2) is 5.76 Å². The van der Waals surface area contributed by atoms with Crippen molar-refractivity contribution in [3.8, 4) is 22.8 Å². The molecule has 7 heteroatoms. The minimum absolute atomic E-state index is 0.320. The van der Waals surface area contributed by atoms with Crippen molar-refractivity contribution in [2.45, 2.75) is 0 Å². The largest absolute Gasteiger partial charge is 0.436 e. The molecule has 6 nitrogen and oxygen atoms in total. The van der Waals surface area contributed by atoms with Gasteiger partial charge in [0, 0.05) is 26.9 Å². The van der Waals surface area contributed by atoms with Crippen molar-refractivity contribution in [1.29, 1.82) is 0 Å². The summed E-state index contributed by atoms with van der Waals surface area (Å²) in [5.74, 6) is 0.103. The number of rotatable bonds is 5. The molecule has 3 N–H and O–H groups in total. The van der Waals surface area contributed by atoms with Crippen molar-refractivity contribution in [2.24, 2.45) is 5.73 Å². The molecular weight excluding hydrogens is 446 g/mol. The number of amides is 2. The number of carbonyl (C=O) groups is 2. The van der Waals surface area contributed by atoms with E-state index in [2.05, 4.69) is 26.2 Å². The second kappa shape index (κ2) is 8.34. The van der Waals surface area contributed by atoms with Crippen molar-refractivity contribution >= 4 is 33.4 Å². The zero-order chi connectivity index (χ0) is 21.1. The van der Waals surface area contributed by atoms with Gasteiger partial charge >= 0.3 is 0 Å². The van der Waals surface area contributed by atoms with E-state index in [0.29, 0.717) is 34.0 Å². The number of oxazole rings is 1. The summed E-state index contributed by atoms with van der Waals surface area (Å²) in [6, 6.07) is 21.1. The van der Waals surface area contributed by atoms with Crippen molar-refractivity contribution in [1.82, 2.24) is 4.98 Å². The Labute approximate surface area is 180 Å². The molecule has 0 aliphatic heterocycles. The van der Waals surface area contributed by atoms with E-state index in [0.717, 1.165) is 10.0 Å². The quantitative estimate of drug-likeness (QED) is 0.430. The van der Waals surface area contributed by atoms with Crippen LogP contribution >= 0.6 is 15.9 Å². The maximum absolute atomic E-state index is 12.9. The number of halogens is 1. The number of primary amides is 1. The highest BCUT2D eigenvalue weighted by molar-refractivity contribution is 9.10. The molecule has 4 aromatic rings. The van der Waals surface area contributed by atoms with Crippen LogP contribution in [0.25, 0.3) is 22.8 Å². The molecule has 0 radical (unpaired) electrons. The molecule has 4 rings (SSSR count). The maximum atomic E-state index is 12.9. The Balaban J connectivity index is 1.61. The van der Waals surface area contributed by atoms with E-state index in [1.165, 1.54) is 0 Å². The predicted molar refractivity (Wildman–Crippen MR) is 118 cm³/mol. The summed E-state index contributed by atoms with van der Waals surface area (Å²) in [5, 5.41) is 2.81. The van der Waals surface area contributed by atoms with Crippen LogP contribution < -0.4 is 11.1 Å². The third-order valence-electron chi connectivity index (χ3n) is 4.44. The van der Waals surface area contributed by atoms with Gasteiger partial charge in [0.05, 0.1) is 11.8 Å². The minimum atomic E-state index is -0.525. The molecule has 0 fully saturated rings. The summed E-state index contributed by atoms with van der Waals surface area (Å²) in [4.78, 5) is 28.4. The first kappa shape index (κ1) is 19.6. The van der Waals surface area contributed by atoms with Crippen molar-refractivity contribution in [3.63, 3.8) is 0 Å².